The first-order valence-electron chi connectivity index (χ1n) is 5.50. The lowest BCUT2D eigenvalue weighted by Crippen LogP contribution is -2.43. The zero-order valence-electron chi connectivity index (χ0n) is 9.20. The summed E-state index contributed by atoms with van der Waals surface area (Å²) in [5.74, 6) is 2.66. The minimum absolute atomic E-state index is 0.623. The van der Waals surface area contributed by atoms with Gasteiger partial charge >= 0.3 is 0 Å². The van der Waals surface area contributed by atoms with Crippen molar-refractivity contribution in [1.82, 2.24) is 9.55 Å². The van der Waals surface area contributed by atoms with Crippen molar-refractivity contribution in [2.24, 2.45) is 11.8 Å². The molecular weight excluding hydrogens is 174 g/mol. The van der Waals surface area contributed by atoms with Gasteiger partial charge in [-0.05, 0) is 25.2 Å². The molecule has 0 saturated heterocycles. The molecule has 0 aromatic carbocycles. The van der Waals surface area contributed by atoms with Crippen molar-refractivity contribution in [2.75, 3.05) is 5.32 Å². The van der Waals surface area contributed by atoms with Gasteiger partial charge in [-0.2, -0.15) is 0 Å². The molecule has 0 aliphatic heterocycles. The number of hydrogen-bond donors (Lipinski definition) is 1. The molecule has 0 bridgehead atoms. The normalized spacial score (nSPS) is 31.2. The Balaban J connectivity index is 1.98. The molecule has 2 rings (SSSR count). The smallest absolute Gasteiger partial charge is 0.202 e. The van der Waals surface area contributed by atoms with Gasteiger partial charge in [0.15, 0.2) is 0 Å². The number of nitrogens with zero attached hydrogens (tertiary/aromatic N) is 2. The molecule has 3 nitrogen and oxygen atoms in total. The summed E-state index contributed by atoms with van der Waals surface area (Å²) in [6.45, 7) is 7.75. The second-order valence-electron chi connectivity index (χ2n) is 4.36. The highest BCUT2D eigenvalue weighted by Gasteiger charge is 2.34. The zero-order chi connectivity index (χ0) is 10.1. The second-order valence-corrected chi connectivity index (χ2v) is 4.36. The van der Waals surface area contributed by atoms with Crippen molar-refractivity contribution in [3.63, 3.8) is 0 Å². The first-order valence-corrected chi connectivity index (χ1v) is 5.50. The van der Waals surface area contributed by atoms with Gasteiger partial charge in [0.1, 0.15) is 0 Å². The summed E-state index contributed by atoms with van der Waals surface area (Å²) in [4.78, 5) is 4.32. The summed E-state index contributed by atoms with van der Waals surface area (Å²) in [6, 6.07) is 0.623. The molecule has 1 saturated carbocycles. The average molecular weight is 193 g/mol. The highest BCUT2D eigenvalue weighted by molar-refractivity contribution is 5.29. The molecular formula is C11H19N3. The Kier molecular flexibility index (Phi) is 2.48. The number of nitrogens with one attached hydrogen (secondary N) is 1. The standard InChI is InChI=1S/C11H19N3/c1-4-14-6-5-12-11(14)13-10-7-8(2)9(10)3/h5-6,8-10H,4,7H2,1-3H3,(H,12,13). The predicted molar refractivity (Wildman–Crippen MR) is 58.3 cm³/mol. The minimum atomic E-state index is 0.623. The van der Waals surface area contributed by atoms with E-state index in [1.807, 2.05) is 12.4 Å². The van der Waals surface area contributed by atoms with Crippen LogP contribution in [0.2, 0.25) is 0 Å². The van der Waals surface area contributed by atoms with Crippen LogP contribution in [0.5, 0.6) is 0 Å². The fourth-order valence-electron chi connectivity index (χ4n) is 2.09. The van der Waals surface area contributed by atoms with Crippen LogP contribution in [0.3, 0.4) is 0 Å². The van der Waals surface area contributed by atoms with Crippen LogP contribution in [0.15, 0.2) is 12.4 Å². The van der Waals surface area contributed by atoms with E-state index in [0.717, 1.165) is 24.3 Å². The summed E-state index contributed by atoms with van der Waals surface area (Å²) in [5, 5.41) is 3.51. The Bertz CT molecular complexity index is 305. The van der Waals surface area contributed by atoms with Crippen LogP contribution < -0.4 is 5.32 Å². The molecule has 0 spiro atoms. The van der Waals surface area contributed by atoms with E-state index in [1.165, 1.54) is 6.42 Å². The summed E-state index contributed by atoms with van der Waals surface area (Å²) in [6.07, 6.45) is 5.16. The third-order valence-electron chi connectivity index (χ3n) is 3.53. The van der Waals surface area contributed by atoms with Crippen LogP contribution in [-0.2, 0) is 6.54 Å². The van der Waals surface area contributed by atoms with Gasteiger partial charge in [-0.15, -0.1) is 0 Å². The largest absolute Gasteiger partial charge is 0.353 e. The number of anilines is 1. The zero-order valence-corrected chi connectivity index (χ0v) is 9.20. The van der Waals surface area contributed by atoms with E-state index in [-0.39, 0.29) is 0 Å². The van der Waals surface area contributed by atoms with Gasteiger partial charge in [0, 0.05) is 25.0 Å². The number of imidazole rings is 1. The van der Waals surface area contributed by atoms with Gasteiger partial charge in [-0.3, -0.25) is 0 Å². The first kappa shape index (κ1) is 9.56. The van der Waals surface area contributed by atoms with Crippen LogP contribution in [0.4, 0.5) is 5.95 Å². The van der Waals surface area contributed by atoms with Gasteiger partial charge in [0.2, 0.25) is 5.95 Å². The maximum atomic E-state index is 4.32. The SMILES string of the molecule is CCn1ccnc1NC1CC(C)C1C. The lowest BCUT2D eigenvalue weighted by molar-refractivity contribution is 0.188. The third kappa shape index (κ3) is 1.51. The van der Waals surface area contributed by atoms with Crippen molar-refractivity contribution in [3.05, 3.63) is 12.4 Å². The van der Waals surface area contributed by atoms with Crippen molar-refractivity contribution < 1.29 is 0 Å². The van der Waals surface area contributed by atoms with Crippen LogP contribution >= 0.6 is 0 Å². The molecule has 1 heterocycles. The van der Waals surface area contributed by atoms with Gasteiger partial charge < -0.3 is 9.88 Å². The highest BCUT2D eigenvalue weighted by atomic mass is 15.2. The van der Waals surface area contributed by atoms with Gasteiger partial charge in [0.25, 0.3) is 0 Å². The third-order valence-corrected chi connectivity index (χ3v) is 3.53. The lowest BCUT2D eigenvalue weighted by atomic mass is 9.71. The summed E-state index contributed by atoms with van der Waals surface area (Å²) < 4.78 is 2.15. The van der Waals surface area contributed by atoms with Crippen molar-refractivity contribution in [3.8, 4) is 0 Å². The molecule has 1 aliphatic carbocycles. The van der Waals surface area contributed by atoms with Gasteiger partial charge in [0.05, 0.1) is 0 Å². The first-order chi connectivity index (χ1) is 6.72. The van der Waals surface area contributed by atoms with Gasteiger partial charge in [-0.1, -0.05) is 13.8 Å². The molecule has 78 valence electrons. The maximum Gasteiger partial charge on any atom is 0.202 e. The maximum absolute atomic E-state index is 4.32. The molecule has 1 N–H and O–H groups in total. The fourth-order valence-corrected chi connectivity index (χ4v) is 2.09. The minimum Gasteiger partial charge on any atom is -0.353 e. The van der Waals surface area contributed by atoms with Crippen LogP contribution in [0.1, 0.15) is 27.2 Å². The molecule has 14 heavy (non-hydrogen) atoms. The van der Waals surface area contributed by atoms with Crippen molar-refractivity contribution in [2.45, 2.75) is 39.8 Å². The molecule has 3 unspecified atom stereocenters. The average Bonchev–Trinajstić information content (AvgIpc) is 2.64. The topological polar surface area (TPSA) is 29.9 Å². The Morgan fingerprint density at radius 1 is 1.57 bits per heavy atom. The molecule has 3 atom stereocenters. The molecule has 1 aliphatic rings. The highest BCUT2D eigenvalue weighted by Crippen LogP contribution is 2.35. The Morgan fingerprint density at radius 3 is 2.93 bits per heavy atom. The summed E-state index contributed by atoms with van der Waals surface area (Å²) in [5.41, 5.74) is 0. The Labute approximate surface area is 85.5 Å². The van der Waals surface area contributed by atoms with E-state index < -0.39 is 0 Å². The molecule has 0 amide bonds. The van der Waals surface area contributed by atoms with Crippen molar-refractivity contribution >= 4 is 5.95 Å². The van der Waals surface area contributed by atoms with Crippen LogP contribution in [0, 0.1) is 11.8 Å². The summed E-state index contributed by atoms with van der Waals surface area (Å²) >= 11 is 0. The molecule has 1 aromatic heterocycles. The lowest BCUT2D eigenvalue weighted by Gasteiger charge is -2.41. The van der Waals surface area contributed by atoms with E-state index in [4.69, 9.17) is 0 Å². The fraction of sp³-hybridized carbons (Fsp3) is 0.727. The Hall–Kier alpha value is -0.990. The van der Waals surface area contributed by atoms with E-state index in [0.29, 0.717) is 6.04 Å². The number of aryl methyl sites for hydroxylation is 1. The molecule has 1 fully saturated rings. The van der Waals surface area contributed by atoms with E-state index in [1.54, 1.807) is 0 Å². The Morgan fingerprint density at radius 2 is 2.36 bits per heavy atom. The summed E-state index contributed by atoms with van der Waals surface area (Å²) in [7, 11) is 0. The van der Waals surface area contributed by atoms with Crippen LogP contribution in [0.25, 0.3) is 0 Å². The number of hydrogen-bond acceptors (Lipinski definition) is 2. The second kappa shape index (κ2) is 3.64. The number of aromatic nitrogens is 2. The van der Waals surface area contributed by atoms with Gasteiger partial charge in [-0.25, -0.2) is 4.98 Å². The number of rotatable bonds is 3. The monoisotopic (exact) mass is 193 g/mol. The molecule has 0 radical (unpaired) electrons. The quantitative estimate of drug-likeness (QED) is 0.798. The van der Waals surface area contributed by atoms with E-state index in [2.05, 4.69) is 35.6 Å². The molecule has 3 heteroatoms. The van der Waals surface area contributed by atoms with Crippen LogP contribution in [-0.4, -0.2) is 15.6 Å². The predicted octanol–water partition coefficient (Wildman–Crippen LogP) is 2.36. The molecule has 1 aromatic rings. The van der Waals surface area contributed by atoms with Crippen molar-refractivity contribution in [1.29, 1.82) is 0 Å². The van der Waals surface area contributed by atoms with E-state index >= 15 is 0 Å². The van der Waals surface area contributed by atoms with E-state index in [9.17, 15) is 0 Å².